The number of carbonyl (C=O) groups is 1. The molecule has 0 amide bonds. The molecule has 1 aromatic rings. The van der Waals surface area contributed by atoms with Gasteiger partial charge < -0.3 is 9.84 Å². The Labute approximate surface area is 101 Å². The molecule has 90 valence electrons. The molecule has 0 aromatic heterocycles. The largest absolute Gasteiger partial charge is 0.492 e. The molecule has 3 nitrogen and oxygen atoms in total. The lowest BCUT2D eigenvalue weighted by Crippen LogP contribution is -2.02. The number of carboxylic acids is 1. The SMILES string of the molecule is Cc1cccc(/C=C/C(=O)O)c1OCC1CC1. The fourth-order valence-corrected chi connectivity index (χ4v) is 1.65. The maximum Gasteiger partial charge on any atom is 0.328 e. The summed E-state index contributed by atoms with van der Waals surface area (Å²) in [4.78, 5) is 10.5. The highest BCUT2D eigenvalue weighted by Gasteiger charge is 2.22. The van der Waals surface area contributed by atoms with Crippen LogP contribution in [0.2, 0.25) is 0 Å². The zero-order chi connectivity index (χ0) is 12.3. The van der Waals surface area contributed by atoms with Crippen molar-refractivity contribution in [1.29, 1.82) is 0 Å². The van der Waals surface area contributed by atoms with Crippen LogP contribution in [0.25, 0.3) is 6.08 Å². The van der Waals surface area contributed by atoms with Crippen LogP contribution in [0.3, 0.4) is 0 Å². The summed E-state index contributed by atoms with van der Waals surface area (Å²) in [6.45, 7) is 2.71. The van der Waals surface area contributed by atoms with E-state index in [9.17, 15) is 4.79 Å². The summed E-state index contributed by atoms with van der Waals surface area (Å²) in [5.74, 6) is 0.544. The monoisotopic (exact) mass is 232 g/mol. The van der Waals surface area contributed by atoms with Gasteiger partial charge >= 0.3 is 5.97 Å². The third-order valence-corrected chi connectivity index (χ3v) is 2.81. The van der Waals surface area contributed by atoms with Crippen molar-refractivity contribution >= 4 is 12.0 Å². The van der Waals surface area contributed by atoms with E-state index in [1.165, 1.54) is 12.8 Å². The number of para-hydroxylation sites is 1. The van der Waals surface area contributed by atoms with E-state index in [0.717, 1.165) is 29.6 Å². The van der Waals surface area contributed by atoms with Gasteiger partial charge in [-0.15, -0.1) is 0 Å². The van der Waals surface area contributed by atoms with Gasteiger partial charge in [0.2, 0.25) is 0 Å². The minimum absolute atomic E-state index is 0.686. The standard InChI is InChI=1S/C14H16O3/c1-10-3-2-4-12(7-8-13(15)16)14(10)17-9-11-5-6-11/h2-4,7-8,11H,5-6,9H2,1H3,(H,15,16)/b8-7+. The van der Waals surface area contributed by atoms with E-state index in [2.05, 4.69) is 0 Å². The average Bonchev–Trinajstić information content (AvgIpc) is 3.08. The molecule has 0 unspecified atom stereocenters. The molecule has 0 atom stereocenters. The van der Waals surface area contributed by atoms with Crippen molar-refractivity contribution in [3.05, 3.63) is 35.4 Å². The molecular formula is C14H16O3. The number of aliphatic carboxylic acids is 1. The average molecular weight is 232 g/mol. The van der Waals surface area contributed by atoms with Crippen molar-refractivity contribution in [1.82, 2.24) is 0 Å². The van der Waals surface area contributed by atoms with Crippen LogP contribution in [-0.4, -0.2) is 17.7 Å². The van der Waals surface area contributed by atoms with Crippen LogP contribution in [-0.2, 0) is 4.79 Å². The molecule has 1 aromatic carbocycles. The molecule has 1 saturated carbocycles. The Balaban J connectivity index is 2.16. The fourth-order valence-electron chi connectivity index (χ4n) is 1.65. The van der Waals surface area contributed by atoms with Gasteiger partial charge in [0.05, 0.1) is 6.61 Å². The van der Waals surface area contributed by atoms with Crippen molar-refractivity contribution in [2.45, 2.75) is 19.8 Å². The Morgan fingerprint density at radius 3 is 2.94 bits per heavy atom. The molecule has 0 aliphatic heterocycles. The molecule has 1 aliphatic rings. The Kier molecular flexibility index (Phi) is 3.47. The van der Waals surface area contributed by atoms with Crippen LogP contribution in [0.5, 0.6) is 5.75 Å². The van der Waals surface area contributed by atoms with Crippen molar-refractivity contribution < 1.29 is 14.6 Å². The van der Waals surface area contributed by atoms with Gasteiger partial charge in [0, 0.05) is 11.6 Å². The lowest BCUT2D eigenvalue weighted by molar-refractivity contribution is -0.131. The van der Waals surface area contributed by atoms with Gasteiger partial charge in [-0.1, -0.05) is 18.2 Å². The van der Waals surface area contributed by atoms with E-state index < -0.39 is 5.97 Å². The third kappa shape index (κ3) is 3.34. The van der Waals surface area contributed by atoms with Crippen molar-refractivity contribution in [3.8, 4) is 5.75 Å². The fraction of sp³-hybridized carbons (Fsp3) is 0.357. The topological polar surface area (TPSA) is 46.5 Å². The Bertz CT molecular complexity index is 445. The summed E-state index contributed by atoms with van der Waals surface area (Å²) in [6, 6.07) is 5.75. The minimum Gasteiger partial charge on any atom is -0.492 e. The first-order valence-corrected chi connectivity index (χ1v) is 5.80. The van der Waals surface area contributed by atoms with Gasteiger partial charge in [0.25, 0.3) is 0 Å². The summed E-state index contributed by atoms with van der Waals surface area (Å²) >= 11 is 0. The van der Waals surface area contributed by atoms with E-state index >= 15 is 0 Å². The number of aryl methyl sites for hydroxylation is 1. The number of hydrogen-bond donors (Lipinski definition) is 1. The highest BCUT2D eigenvalue weighted by atomic mass is 16.5. The number of ether oxygens (including phenoxy) is 1. The van der Waals surface area contributed by atoms with Crippen molar-refractivity contribution in [2.75, 3.05) is 6.61 Å². The Hall–Kier alpha value is -1.77. The quantitative estimate of drug-likeness (QED) is 0.794. The lowest BCUT2D eigenvalue weighted by atomic mass is 10.1. The van der Waals surface area contributed by atoms with Crippen LogP contribution in [0.15, 0.2) is 24.3 Å². The summed E-state index contributed by atoms with van der Waals surface area (Å²) in [7, 11) is 0. The normalized spacial score (nSPS) is 15.1. The minimum atomic E-state index is -0.945. The summed E-state index contributed by atoms with van der Waals surface area (Å²) in [5.41, 5.74) is 1.87. The number of hydrogen-bond acceptors (Lipinski definition) is 2. The molecule has 2 rings (SSSR count). The summed E-state index contributed by atoms with van der Waals surface area (Å²) in [5, 5.41) is 8.64. The molecule has 1 fully saturated rings. The zero-order valence-corrected chi connectivity index (χ0v) is 9.85. The molecule has 0 radical (unpaired) electrons. The third-order valence-electron chi connectivity index (χ3n) is 2.81. The zero-order valence-electron chi connectivity index (χ0n) is 9.85. The second-order valence-electron chi connectivity index (χ2n) is 4.42. The highest BCUT2D eigenvalue weighted by molar-refractivity contribution is 5.86. The lowest BCUT2D eigenvalue weighted by Gasteiger charge is -2.11. The molecule has 0 bridgehead atoms. The predicted molar refractivity (Wildman–Crippen MR) is 66.1 cm³/mol. The van der Waals surface area contributed by atoms with Gasteiger partial charge in [0.1, 0.15) is 5.75 Å². The highest BCUT2D eigenvalue weighted by Crippen LogP contribution is 2.32. The maximum absolute atomic E-state index is 10.5. The van der Waals surface area contributed by atoms with Crippen LogP contribution in [0.1, 0.15) is 24.0 Å². The molecular weight excluding hydrogens is 216 g/mol. The summed E-state index contributed by atoms with van der Waals surface area (Å²) < 4.78 is 5.78. The van der Waals surface area contributed by atoms with Crippen LogP contribution in [0.4, 0.5) is 0 Å². The molecule has 0 heterocycles. The molecule has 17 heavy (non-hydrogen) atoms. The van der Waals surface area contributed by atoms with E-state index in [4.69, 9.17) is 9.84 Å². The molecule has 1 aliphatic carbocycles. The van der Waals surface area contributed by atoms with Gasteiger partial charge in [-0.25, -0.2) is 4.79 Å². The number of benzene rings is 1. The van der Waals surface area contributed by atoms with Crippen molar-refractivity contribution in [3.63, 3.8) is 0 Å². The second-order valence-corrected chi connectivity index (χ2v) is 4.42. The summed E-state index contributed by atoms with van der Waals surface area (Å²) in [6.07, 6.45) is 5.20. The van der Waals surface area contributed by atoms with Gasteiger partial charge in [0.15, 0.2) is 0 Å². The second kappa shape index (κ2) is 5.04. The molecule has 1 N–H and O–H groups in total. The van der Waals surface area contributed by atoms with Gasteiger partial charge in [-0.2, -0.15) is 0 Å². The Morgan fingerprint density at radius 1 is 1.53 bits per heavy atom. The van der Waals surface area contributed by atoms with Gasteiger partial charge in [-0.3, -0.25) is 0 Å². The molecule has 0 saturated heterocycles. The van der Waals surface area contributed by atoms with E-state index in [1.54, 1.807) is 6.08 Å². The van der Waals surface area contributed by atoms with Crippen LogP contribution >= 0.6 is 0 Å². The van der Waals surface area contributed by atoms with E-state index in [1.807, 2.05) is 25.1 Å². The molecule has 0 spiro atoms. The van der Waals surface area contributed by atoms with Gasteiger partial charge in [-0.05, 0) is 37.3 Å². The Morgan fingerprint density at radius 2 is 2.29 bits per heavy atom. The first-order valence-electron chi connectivity index (χ1n) is 5.80. The maximum atomic E-state index is 10.5. The first kappa shape index (κ1) is 11.7. The molecule has 3 heteroatoms. The first-order chi connectivity index (χ1) is 8.16. The number of carboxylic acid groups (broad SMARTS) is 1. The smallest absolute Gasteiger partial charge is 0.328 e. The predicted octanol–water partition coefficient (Wildman–Crippen LogP) is 2.88. The number of rotatable bonds is 5. The van der Waals surface area contributed by atoms with E-state index in [-0.39, 0.29) is 0 Å². The van der Waals surface area contributed by atoms with E-state index in [0.29, 0.717) is 5.92 Å². The van der Waals surface area contributed by atoms with Crippen LogP contribution in [0, 0.1) is 12.8 Å². The van der Waals surface area contributed by atoms with Crippen LogP contribution < -0.4 is 4.74 Å². The van der Waals surface area contributed by atoms with Crippen molar-refractivity contribution in [2.24, 2.45) is 5.92 Å².